The van der Waals surface area contributed by atoms with Crippen molar-refractivity contribution < 1.29 is 0 Å². The van der Waals surface area contributed by atoms with E-state index in [2.05, 4.69) is 48.3 Å². The number of nitrogens with one attached hydrogen (secondary N) is 1. The van der Waals surface area contributed by atoms with Gasteiger partial charge >= 0.3 is 0 Å². The van der Waals surface area contributed by atoms with Crippen molar-refractivity contribution in [3.63, 3.8) is 0 Å². The van der Waals surface area contributed by atoms with Crippen LogP contribution in [0.5, 0.6) is 0 Å². The van der Waals surface area contributed by atoms with Crippen LogP contribution in [0.2, 0.25) is 0 Å². The van der Waals surface area contributed by atoms with Crippen molar-refractivity contribution in [1.82, 2.24) is 10.2 Å². The first-order valence-electron chi connectivity index (χ1n) is 7.78. The average molecular weight is 260 g/mol. The Morgan fingerprint density at radius 2 is 1.79 bits per heavy atom. The fourth-order valence-electron chi connectivity index (χ4n) is 2.98. The summed E-state index contributed by atoms with van der Waals surface area (Å²) in [5.41, 5.74) is 2.82. The molecule has 0 amide bonds. The van der Waals surface area contributed by atoms with Crippen molar-refractivity contribution in [3.05, 3.63) is 35.4 Å². The fourth-order valence-corrected chi connectivity index (χ4v) is 2.98. The van der Waals surface area contributed by atoms with Crippen LogP contribution in [-0.4, -0.2) is 31.1 Å². The molecule has 1 aromatic carbocycles. The van der Waals surface area contributed by atoms with E-state index in [1.165, 1.54) is 56.4 Å². The van der Waals surface area contributed by atoms with Gasteiger partial charge in [-0.1, -0.05) is 37.1 Å². The van der Waals surface area contributed by atoms with Crippen LogP contribution in [0, 0.1) is 6.92 Å². The normalized spacial score (nSPS) is 19.1. The second-order valence-corrected chi connectivity index (χ2v) is 5.79. The van der Waals surface area contributed by atoms with Gasteiger partial charge in [-0.15, -0.1) is 0 Å². The largest absolute Gasteiger partial charge is 0.309 e. The number of hydrogen-bond donors (Lipinski definition) is 1. The molecule has 2 rings (SSSR count). The minimum atomic E-state index is 0.452. The Morgan fingerprint density at radius 1 is 1.11 bits per heavy atom. The van der Waals surface area contributed by atoms with Gasteiger partial charge in [-0.05, 0) is 50.9 Å². The van der Waals surface area contributed by atoms with E-state index < -0.39 is 0 Å². The molecule has 19 heavy (non-hydrogen) atoms. The van der Waals surface area contributed by atoms with Gasteiger partial charge in [0.25, 0.3) is 0 Å². The molecule has 1 unspecified atom stereocenters. The summed E-state index contributed by atoms with van der Waals surface area (Å²) in [5, 5.41) is 3.67. The van der Waals surface area contributed by atoms with E-state index in [0.29, 0.717) is 6.04 Å². The predicted molar refractivity (Wildman–Crippen MR) is 82.5 cm³/mol. The second kappa shape index (κ2) is 7.66. The second-order valence-electron chi connectivity index (χ2n) is 5.79. The van der Waals surface area contributed by atoms with Gasteiger partial charge in [0.05, 0.1) is 0 Å². The summed E-state index contributed by atoms with van der Waals surface area (Å²) in [7, 11) is 0. The molecule has 0 bridgehead atoms. The molecule has 0 aliphatic carbocycles. The van der Waals surface area contributed by atoms with E-state index in [4.69, 9.17) is 0 Å². The number of likely N-dealkylation sites (tertiary alicyclic amines) is 1. The van der Waals surface area contributed by atoms with Crippen LogP contribution in [0.4, 0.5) is 0 Å². The van der Waals surface area contributed by atoms with Gasteiger partial charge < -0.3 is 10.2 Å². The lowest BCUT2D eigenvalue weighted by atomic mass is 10.0. The van der Waals surface area contributed by atoms with Crippen LogP contribution in [0.25, 0.3) is 0 Å². The first-order valence-corrected chi connectivity index (χ1v) is 7.78. The highest BCUT2D eigenvalue weighted by atomic mass is 15.1. The van der Waals surface area contributed by atoms with Gasteiger partial charge in [0, 0.05) is 19.1 Å². The zero-order valence-electron chi connectivity index (χ0n) is 12.5. The number of aryl methyl sites for hydroxylation is 1. The van der Waals surface area contributed by atoms with E-state index in [1.54, 1.807) is 0 Å². The topological polar surface area (TPSA) is 15.3 Å². The van der Waals surface area contributed by atoms with Crippen LogP contribution in [0.15, 0.2) is 24.3 Å². The lowest BCUT2D eigenvalue weighted by Gasteiger charge is -2.22. The number of benzene rings is 1. The zero-order chi connectivity index (χ0) is 13.5. The maximum absolute atomic E-state index is 3.67. The molecule has 1 fully saturated rings. The van der Waals surface area contributed by atoms with Crippen molar-refractivity contribution in [2.45, 2.75) is 45.6 Å². The maximum Gasteiger partial charge on any atom is 0.0294 e. The van der Waals surface area contributed by atoms with Crippen LogP contribution >= 0.6 is 0 Å². The quantitative estimate of drug-likeness (QED) is 0.871. The van der Waals surface area contributed by atoms with Crippen molar-refractivity contribution in [2.24, 2.45) is 0 Å². The molecule has 1 atom stereocenters. The summed E-state index contributed by atoms with van der Waals surface area (Å²) in [6.45, 7) is 9.33. The van der Waals surface area contributed by atoms with Crippen molar-refractivity contribution >= 4 is 0 Å². The van der Waals surface area contributed by atoms with Crippen LogP contribution in [-0.2, 0) is 0 Å². The van der Waals surface area contributed by atoms with Gasteiger partial charge in [-0.25, -0.2) is 0 Å². The molecule has 1 saturated heterocycles. The minimum absolute atomic E-state index is 0.452. The van der Waals surface area contributed by atoms with E-state index in [1.807, 2.05) is 0 Å². The summed E-state index contributed by atoms with van der Waals surface area (Å²) in [4.78, 5) is 2.62. The average Bonchev–Trinajstić information content (AvgIpc) is 2.68. The highest BCUT2D eigenvalue weighted by molar-refractivity contribution is 5.28. The molecule has 0 radical (unpaired) electrons. The molecule has 1 aliphatic heterocycles. The van der Waals surface area contributed by atoms with Crippen molar-refractivity contribution in [1.29, 1.82) is 0 Å². The van der Waals surface area contributed by atoms with Gasteiger partial charge in [-0.2, -0.15) is 0 Å². The summed E-state index contributed by atoms with van der Waals surface area (Å²) < 4.78 is 0. The van der Waals surface area contributed by atoms with Crippen molar-refractivity contribution in [2.75, 3.05) is 26.2 Å². The molecule has 1 heterocycles. The lowest BCUT2D eigenvalue weighted by Crippen LogP contribution is -2.34. The Morgan fingerprint density at radius 3 is 2.47 bits per heavy atom. The molecular weight excluding hydrogens is 232 g/mol. The number of hydrogen-bond acceptors (Lipinski definition) is 2. The SMILES string of the molecule is Cc1ccccc1C(C)NCCN1CCCCCC1. The molecule has 1 aliphatic rings. The maximum atomic E-state index is 3.67. The van der Waals surface area contributed by atoms with Crippen LogP contribution in [0.3, 0.4) is 0 Å². The third-order valence-corrected chi connectivity index (χ3v) is 4.23. The number of nitrogens with zero attached hydrogens (tertiary/aromatic N) is 1. The van der Waals surface area contributed by atoms with Crippen LogP contribution < -0.4 is 5.32 Å². The molecule has 0 aromatic heterocycles. The Balaban J connectivity index is 1.74. The van der Waals surface area contributed by atoms with Gasteiger partial charge in [-0.3, -0.25) is 0 Å². The number of rotatable bonds is 5. The summed E-state index contributed by atoms with van der Waals surface area (Å²) in [6, 6.07) is 9.13. The Hall–Kier alpha value is -0.860. The summed E-state index contributed by atoms with van der Waals surface area (Å²) in [5.74, 6) is 0. The molecule has 1 N–H and O–H groups in total. The molecule has 2 nitrogen and oxygen atoms in total. The summed E-state index contributed by atoms with van der Waals surface area (Å²) in [6.07, 6.45) is 5.60. The first kappa shape index (κ1) is 14.5. The molecule has 2 heteroatoms. The molecule has 0 spiro atoms. The third kappa shape index (κ3) is 4.63. The van der Waals surface area contributed by atoms with Crippen molar-refractivity contribution in [3.8, 4) is 0 Å². The van der Waals surface area contributed by atoms with E-state index in [0.717, 1.165) is 6.54 Å². The first-order chi connectivity index (χ1) is 9.27. The van der Waals surface area contributed by atoms with Gasteiger partial charge in [0.15, 0.2) is 0 Å². The molecule has 106 valence electrons. The Kier molecular flexibility index (Phi) is 5.87. The van der Waals surface area contributed by atoms with E-state index in [-0.39, 0.29) is 0 Å². The fraction of sp³-hybridized carbons (Fsp3) is 0.647. The van der Waals surface area contributed by atoms with Gasteiger partial charge in [0.1, 0.15) is 0 Å². The highest BCUT2D eigenvalue weighted by Crippen LogP contribution is 2.16. The molecular formula is C17H28N2. The molecule has 0 saturated carbocycles. The zero-order valence-corrected chi connectivity index (χ0v) is 12.5. The molecule has 1 aromatic rings. The minimum Gasteiger partial charge on any atom is -0.309 e. The smallest absolute Gasteiger partial charge is 0.0294 e. The standard InChI is InChI=1S/C17H28N2/c1-15-9-5-6-10-17(15)16(2)18-11-14-19-12-7-3-4-8-13-19/h5-6,9-10,16,18H,3-4,7-8,11-14H2,1-2H3. The van der Waals surface area contributed by atoms with Crippen LogP contribution in [0.1, 0.15) is 49.8 Å². The monoisotopic (exact) mass is 260 g/mol. The Bertz CT molecular complexity index is 367. The van der Waals surface area contributed by atoms with E-state index >= 15 is 0 Å². The third-order valence-electron chi connectivity index (χ3n) is 4.23. The summed E-state index contributed by atoms with van der Waals surface area (Å²) >= 11 is 0. The highest BCUT2D eigenvalue weighted by Gasteiger charge is 2.10. The predicted octanol–water partition coefficient (Wildman–Crippen LogP) is 3.52. The lowest BCUT2D eigenvalue weighted by molar-refractivity contribution is 0.280. The van der Waals surface area contributed by atoms with Gasteiger partial charge in [0.2, 0.25) is 0 Å². The Labute approximate surface area is 118 Å². The van der Waals surface area contributed by atoms with E-state index in [9.17, 15) is 0 Å².